The fraction of sp³-hybridized carbons (Fsp3) is 0.250. The number of carbonyl (C=O) groups is 2. The summed E-state index contributed by atoms with van der Waals surface area (Å²) in [4.78, 5) is 30.0. The van der Waals surface area contributed by atoms with E-state index in [0.717, 1.165) is 39.8 Å². The molecule has 5 rings (SSSR count). The summed E-state index contributed by atoms with van der Waals surface area (Å²) < 4.78 is 14.4. The lowest BCUT2D eigenvalue weighted by atomic mass is 10.1. The largest absolute Gasteiger partial charge is 0.466 e. The van der Waals surface area contributed by atoms with Crippen molar-refractivity contribution in [1.29, 1.82) is 0 Å². The maximum absolute atomic E-state index is 12.1. The van der Waals surface area contributed by atoms with Gasteiger partial charge in [0.05, 0.1) is 25.3 Å². The molecule has 3 heterocycles. The molecule has 0 aliphatic carbocycles. The summed E-state index contributed by atoms with van der Waals surface area (Å²) >= 11 is 0. The smallest absolute Gasteiger partial charge is 0.414 e. The number of amides is 1. The number of imidazole rings is 1. The molecule has 1 saturated heterocycles. The van der Waals surface area contributed by atoms with Crippen molar-refractivity contribution in [2.75, 3.05) is 24.7 Å². The molecular formula is C28H28N4O4. The van der Waals surface area contributed by atoms with Gasteiger partial charge in [0, 0.05) is 35.1 Å². The van der Waals surface area contributed by atoms with Crippen LogP contribution in [0, 0.1) is 6.92 Å². The number of carbonyl (C=O) groups excluding carboxylic acids is 2. The highest BCUT2D eigenvalue weighted by molar-refractivity contribution is 5.89. The molecule has 1 aliphatic rings. The van der Waals surface area contributed by atoms with Crippen LogP contribution in [-0.4, -0.2) is 45.9 Å². The quantitative estimate of drug-likeness (QED) is 0.326. The molecule has 8 nitrogen and oxygen atoms in total. The van der Waals surface area contributed by atoms with E-state index in [1.807, 2.05) is 54.9 Å². The lowest BCUT2D eigenvalue weighted by Gasteiger charge is -2.17. The summed E-state index contributed by atoms with van der Waals surface area (Å²) in [6.45, 7) is 5.09. The van der Waals surface area contributed by atoms with Crippen molar-refractivity contribution in [2.24, 2.45) is 0 Å². The van der Waals surface area contributed by atoms with E-state index in [9.17, 15) is 9.59 Å². The van der Waals surface area contributed by atoms with E-state index in [-0.39, 0.29) is 12.1 Å². The van der Waals surface area contributed by atoms with Gasteiger partial charge in [-0.3, -0.25) is 9.69 Å². The van der Waals surface area contributed by atoms with E-state index in [4.69, 9.17) is 9.47 Å². The number of anilines is 1. The summed E-state index contributed by atoms with van der Waals surface area (Å²) in [7, 11) is 0. The third kappa shape index (κ3) is 4.62. The number of esters is 1. The van der Waals surface area contributed by atoms with Crippen LogP contribution in [0.2, 0.25) is 0 Å². The van der Waals surface area contributed by atoms with Gasteiger partial charge in [-0.15, -0.1) is 0 Å². The molecule has 184 valence electrons. The van der Waals surface area contributed by atoms with Crippen molar-refractivity contribution < 1.29 is 19.1 Å². The third-order valence-electron chi connectivity index (χ3n) is 6.30. The fourth-order valence-corrected chi connectivity index (χ4v) is 4.52. The number of aromatic nitrogens is 3. The third-order valence-corrected chi connectivity index (χ3v) is 6.30. The second kappa shape index (κ2) is 10.1. The molecule has 0 spiro atoms. The summed E-state index contributed by atoms with van der Waals surface area (Å²) in [5.41, 5.74) is 5.84. The average molecular weight is 485 g/mol. The van der Waals surface area contributed by atoms with Crippen LogP contribution in [0.25, 0.3) is 22.6 Å². The Labute approximate surface area is 209 Å². The molecule has 1 amide bonds. The van der Waals surface area contributed by atoms with Gasteiger partial charge in [0.15, 0.2) is 0 Å². The van der Waals surface area contributed by atoms with Crippen molar-refractivity contribution in [3.8, 4) is 22.6 Å². The molecule has 4 aromatic rings. The number of cyclic esters (lactones) is 1. The minimum absolute atomic E-state index is 0.213. The summed E-state index contributed by atoms with van der Waals surface area (Å²) in [6, 6.07) is 20.3. The van der Waals surface area contributed by atoms with Crippen molar-refractivity contribution in [1.82, 2.24) is 14.1 Å². The second-order valence-electron chi connectivity index (χ2n) is 8.52. The molecule has 1 fully saturated rings. The number of hydrogen-bond donors (Lipinski definition) is 0. The van der Waals surface area contributed by atoms with E-state index in [1.165, 1.54) is 0 Å². The standard InChI is InChI=1S/C28H28N4O4/c1-3-35-27(33)15-13-25-12-14-26(21-4-6-22(7-5-21)30-17-16-29-20(30)2)32(25)24-10-8-23(9-11-24)31-18-19-36-28(31)34/h4-12,14,16-17H,3,13,15,18-19H2,1-2H3. The van der Waals surface area contributed by atoms with Gasteiger partial charge in [-0.25, -0.2) is 9.78 Å². The monoisotopic (exact) mass is 484 g/mol. The van der Waals surface area contributed by atoms with Crippen LogP contribution < -0.4 is 4.90 Å². The first-order chi connectivity index (χ1) is 17.5. The van der Waals surface area contributed by atoms with E-state index in [0.29, 0.717) is 32.6 Å². The topological polar surface area (TPSA) is 78.6 Å². The molecule has 0 atom stereocenters. The lowest BCUT2D eigenvalue weighted by Crippen LogP contribution is -2.23. The number of rotatable bonds is 8. The van der Waals surface area contributed by atoms with Crippen LogP contribution in [-0.2, 0) is 20.7 Å². The van der Waals surface area contributed by atoms with Crippen molar-refractivity contribution in [3.63, 3.8) is 0 Å². The fourth-order valence-electron chi connectivity index (χ4n) is 4.52. The number of hydrogen-bond acceptors (Lipinski definition) is 5. The molecule has 0 radical (unpaired) electrons. The van der Waals surface area contributed by atoms with E-state index in [1.54, 1.807) is 11.1 Å². The average Bonchev–Trinajstić information content (AvgIpc) is 3.63. The minimum atomic E-state index is -0.326. The minimum Gasteiger partial charge on any atom is -0.466 e. The highest BCUT2D eigenvalue weighted by Crippen LogP contribution is 2.30. The number of ether oxygens (including phenoxy) is 2. The predicted molar refractivity (Wildman–Crippen MR) is 137 cm³/mol. The number of aryl methyl sites for hydroxylation is 2. The second-order valence-corrected chi connectivity index (χ2v) is 8.52. The molecule has 0 N–H and O–H groups in total. The van der Waals surface area contributed by atoms with Gasteiger partial charge in [0.25, 0.3) is 0 Å². The van der Waals surface area contributed by atoms with Gasteiger partial charge in [-0.1, -0.05) is 12.1 Å². The van der Waals surface area contributed by atoms with Crippen molar-refractivity contribution in [3.05, 3.63) is 84.6 Å². The molecule has 1 aliphatic heterocycles. The summed E-state index contributed by atoms with van der Waals surface area (Å²) in [5, 5.41) is 0. The molecule has 36 heavy (non-hydrogen) atoms. The van der Waals surface area contributed by atoms with E-state index >= 15 is 0 Å². The Kier molecular flexibility index (Phi) is 6.58. The molecule has 2 aromatic heterocycles. The Morgan fingerprint density at radius 2 is 1.72 bits per heavy atom. The van der Waals surface area contributed by atoms with Gasteiger partial charge >= 0.3 is 12.1 Å². The zero-order chi connectivity index (χ0) is 25.1. The highest BCUT2D eigenvalue weighted by Gasteiger charge is 2.23. The molecule has 0 bridgehead atoms. The van der Waals surface area contributed by atoms with Crippen LogP contribution in [0.3, 0.4) is 0 Å². The van der Waals surface area contributed by atoms with E-state index < -0.39 is 0 Å². The maximum Gasteiger partial charge on any atom is 0.414 e. The normalized spacial score (nSPS) is 13.2. The molecule has 2 aromatic carbocycles. The van der Waals surface area contributed by atoms with Crippen LogP contribution in [0.5, 0.6) is 0 Å². The Morgan fingerprint density at radius 1 is 1.00 bits per heavy atom. The van der Waals surface area contributed by atoms with Crippen LogP contribution in [0.15, 0.2) is 73.1 Å². The Balaban J connectivity index is 1.49. The zero-order valence-electron chi connectivity index (χ0n) is 20.4. The number of nitrogens with zero attached hydrogens (tertiary/aromatic N) is 4. The Morgan fingerprint density at radius 3 is 2.36 bits per heavy atom. The van der Waals surface area contributed by atoms with Crippen LogP contribution >= 0.6 is 0 Å². The van der Waals surface area contributed by atoms with Gasteiger partial charge in [0.2, 0.25) is 0 Å². The van der Waals surface area contributed by atoms with Crippen LogP contribution in [0.4, 0.5) is 10.5 Å². The van der Waals surface area contributed by atoms with Crippen LogP contribution in [0.1, 0.15) is 24.9 Å². The Hall–Kier alpha value is -4.33. The van der Waals surface area contributed by atoms with Gasteiger partial charge in [-0.05, 0) is 74.4 Å². The van der Waals surface area contributed by atoms with Gasteiger partial charge in [-0.2, -0.15) is 0 Å². The first-order valence-corrected chi connectivity index (χ1v) is 12.1. The van der Waals surface area contributed by atoms with Crippen molar-refractivity contribution >= 4 is 17.7 Å². The lowest BCUT2D eigenvalue weighted by molar-refractivity contribution is -0.143. The van der Waals surface area contributed by atoms with Crippen molar-refractivity contribution in [2.45, 2.75) is 26.7 Å². The maximum atomic E-state index is 12.1. The van der Waals surface area contributed by atoms with E-state index in [2.05, 4.69) is 39.9 Å². The highest BCUT2D eigenvalue weighted by atomic mass is 16.6. The number of benzene rings is 2. The van der Waals surface area contributed by atoms with Gasteiger partial charge < -0.3 is 18.6 Å². The van der Waals surface area contributed by atoms with Gasteiger partial charge in [0.1, 0.15) is 12.4 Å². The predicted octanol–water partition coefficient (Wildman–Crippen LogP) is 5.09. The molecule has 8 heteroatoms. The summed E-state index contributed by atoms with van der Waals surface area (Å²) in [5.74, 6) is 0.712. The zero-order valence-corrected chi connectivity index (χ0v) is 20.4. The first-order valence-electron chi connectivity index (χ1n) is 12.1. The first kappa shape index (κ1) is 23.4. The Bertz CT molecular complexity index is 1370. The summed E-state index contributed by atoms with van der Waals surface area (Å²) in [6.07, 6.45) is 4.25. The molecule has 0 saturated carbocycles. The SMILES string of the molecule is CCOC(=O)CCc1ccc(-c2ccc(-n3ccnc3C)cc2)n1-c1ccc(N2CCOC2=O)cc1. The molecular weight excluding hydrogens is 456 g/mol. The molecule has 0 unspecified atom stereocenters.